The van der Waals surface area contributed by atoms with Crippen LogP contribution in [0.4, 0.5) is 5.69 Å². The molecule has 4 heterocycles. The van der Waals surface area contributed by atoms with Crippen molar-refractivity contribution in [2.75, 3.05) is 38.2 Å². The Morgan fingerprint density at radius 1 is 1.00 bits per heavy atom. The van der Waals surface area contributed by atoms with E-state index >= 15 is 0 Å². The number of fused-ring (bicyclic) bond motifs is 2. The molecule has 192 valence electrons. The average Bonchev–Trinajstić information content (AvgIpc) is 3.17. The van der Waals surface area contributed by atoms with Crippen LogP contribution in [0.1, 0.15) is 30.4 Å². The summed E-state index contributed by atoms with van der Waals surface area (Å²) in [6.07, 6.45) is 10.3. The monoisotopic (exact) mass is 509 g/mol. The van der Waals surface area contributed by atoms with Gasteiger partial charge in [0.1, 0.15) is 6.04 Å². The van der Waals surface area contributed by atoms with E-state index in [2.05, 4.69) is 12.2 Å². The van der Waals surface area contributed by atoms with Crippen molar-refractivity contribution in [3.05, 3.63) is 53.6 Å². The van der Waals surface area contributed by atoms with Gasteiger partial charge in [-0.2, -0.15) is 0 Å². The molecule has 0 saturated carbocycles. The van der Waals surface area contributed by atoms with E-state index in [1.165, 1.54) is 0 Å². The van der Waals surface area contributed by atoms with Crippen molar-refractivity contribution in [2.24, 2.45) is 11.8 Å². The molecular formula is C28H35N3O4S. The van der Waals surface area contributed by atoms with Gasteiger partial charge in [0.15, 0.2) is 0 Å². The number of hydrogen-bond acceptors (Lipinski definition) is 5. The molecule has 1 N–H and O–H groups in total. The lowest BCUT2D eigenvalue weighted by molar-refractivity contribution is -0.142. The van der Waals surface area contributed by atoms with Gasteiger partial charge < -0.3 is 19.8 Å². The first-order chi connectivity index (χ1) is 17.3. The molecule has 1 spiro atoms. The lowest BCUT2D eigenvalue weighted by Gasteiger charge is -2.36. The summed E-state index contributed by atoms with van der Waals surface area (Å²) in [7, 11) is 1.78. The minimum absolute atomic E-state index is 0.0229. The van der Waals surface area contributed by atoms with Gasteiger partial charge in [-0.1, -0.05) is 42.5 Å². The number of amides is 3. The predicted octanol–water partition coefficient (Wildman–Crippen LogP) is 2.69. The van der Waals surface area contributed by atoms with Crippen LogP contribution in [0.3, 0.4) is 0 Å². The smallest absolute Gasteiger partial charge is 0.251 e. The van der Waals surface area contributed by atoms with Crippen LogP contribution in [0, 0.1) is 25.7 Å². The molecule has 2 fully saturated rings. The number of para-hydroxylation sites is 1. The highest BCUT2D eigenvalue weighted by atomic mass is 32.2. The second kappa shape index (κ2) is 9.71. The predicted molar refractivity (Wildman–Crippen MR) is 142 cm³/mol. The molecule has 7 nitrogen and oxygen atoms in total. The van der Waals surface area contributed by atoms with Crippen molar-refractivity contribution < 1.29 is 19.5 Å². The summed E-state index contributed by atoms with van der Waals surface area (Å²) in [5.74, 6) is -1.26. The van der Waals surface area contributed by atoms with Crippen molar-refractivity contribution in [1.82, 2.24) is 9.80 Å². The Kier molecular flexibility index (Phi) is 6.76. The fraction of sp³-hybridized carbons (Fsp3) is 0.536. The van der Waals surface area contributed by atoms with E-state index in [0.29, 0.717) is 32.5 Å². The van der Waals surface area contributed by atoms with Crippen LogP contribution in [0.15, 0.2) is 42.5 Å². The maximum Gasteiger partial charge on any atom is 0.251 e. The Morgan fingerprint density at radius 3 is 2.47 bits per heavy atom. The third-order valence-electron chi connectivity index (χ3n) is 8.13. The van der Waals surface area contributed by atoms with Crippen molar-refractivity contribution in [3.8, 4) is 0 Å². The van der Waals surface area contributed by atoms with Crippen molar-refractivity contribution in [3.63, 3.8) is 0 Å². The van der Waals surface area contributed by atoms with E-state index in [9.17, 15) is 19.5 Å². The van der Waals surface area contributed by atoms with Crippen LogP contribution >= 0.6 is 11.8 Å². The molecule has 0 bridgehead atoms. The van der Waals surface area contributed by atoms with Gasteiger partial charge in [-0.3, -0.25) is 14.4 Å². The topological polar surface area (TPSA) is 81.2 Å². The molecule has 0 aliphatic carbocycles. The normalized spacial score (nSPS) is 31.4. The fourth-order valence-corrected chi connectivity index (χ4v) is 8.51. The Labute approximate surface area is 217 Å². The first kappa shape index (κ1) is 25.1. The van der Waals surface area contributed by atoms with Crippen LogP contribution in [0.5, 0.6) is 0 Å². The second-order valence-corrected chi connectivity index (χ2v) is 11.9. The number of carbonyl (C=O) groups is 3. The first-order valence-corrected chi connectivity index (χ1v) is 13.8. The summed E-state index contributed by atoms with van der Waals surface area (Å²) in [4.78, 5) is 47.4. The summed E-state index contributed by atoms with van der Waals surface area (Å²) in [5.41, 5.74) is 2.94. The van der Waals surface area contributed by atoms with E-state index in [0.717, 1.165) is 23.2 Å². The number of aliphatic hydroxyl groups is 1. The molecule has 4 aliphatic heterocycles. The van der Waals surface area contributed by atoms with Crippen molar-refractivity contribution in [1.29, 1.82) is 0 Å². The number of rotatable bonds is 6. The number of aryl methyl sites for hydroxylation is 2. The molecule has 36 heavy (non-hydrogen) atoms. The number of thioether (sulfide) groups is 1. The van der Waals surface area contributed by atoms with Gasteiger partial charge in [0, 0.05) is 44.2 Å². The van der Waals surface area contributed by atoms with Gasteiger partial charge >= 0.3 is 0 Å². The van der Waals surface area contributed by atoms with Gasteiger partial charge in [0.05, 0.1) is 16.6 Å². The largest absolute Gasteiger partial charge is 0.396 e. The Morgan fingerprint density at radius 2 is 1.75 bits per heavy atom. The standard InChI is InChI=1S/C28H35N3O4S/c1-18-10-7-11-19(2)23(18)30-16-9-13-28-22(21-20(36-28)12-8-14-29(3)25(21)33)26(34)31(24(28)27(30)35)15-5-4-6-17-32/h7-13,20-22,24,32H,4-6,14-17H2,1-3H3/t20-,21+,22-,24?,28-/m0/s1. The number of likely N-dealkylation sites (N-methyl/N-ethyl adjacent to an activating group) is 1. The summed E-state index contributed by atoms with van der Waals surface area (Å²) in [6, 6.07) is 5.34. The van der Waals surface area contributed by atoms with Crippen LogP contribution in [0.2, 0.25) is 0 Å². The second-order valence-electron chi connectivity index (χ2n) is 10.4. The summed E-state index contributed by atoms with van der Waals surface area (Å²) < 4.78 is -0.788. The quantitative estimate of drug-likeness (QED) is 0.471. The van der Waals surface area contributed by atoms with Crippen LogP contribution in [-0.2, 0) is 14.4 Å². The summed E-state index contributed by atoms with van der Waals surface area (Å²) in [6.45, 7) is 5.54. The lowest BCUT2D eigenvalue weighted by Crippen LogP contribution is -2.53. The van der Waals surface area contributed by atoms with E-state index in [1.54, 1.807) is 28.6 Å². The maximum absolute atomic E-state index is 14.5. The minimum atomic E-state index is -0.788. The van der Waals surface area contributed by atoms with E-state index in [-0.39, 0.29) is 29.6 Å². The average molecular weight is 510 g/mol. The summed E-state index contributed by atoms with van der Waals surface area (Å²) >= 11 is 1.62. The zero-order valence-corrected chi connectivity index (χ0v) is 22.0. The number of carbonyl (C=O) groups excluding carboxylic acids is 3. The maximum atomic E-state index is 14.5. The van der Waals surface area contributed by atoms with Crippen LogP contribution < -0.4 is 4.90 Å². The number of aliphatic hydroxyl groups excluding tert-OH is 1. The molecular weight excluding hydrogens is 474 g/mol. The number of unbranched alkanes of at least 4 members (excludes halogenated alkanes) is 2. The lowest BCUT2D eigenvalue weighted by atomic mass is 9.78. The Bertz CT molecular complexity index is 1110. The third kappa shape index (κ3) is 3.80. The van der Waals surface area contributed by atoms with E-state index < -0.39 is 22.6 Å². The molecule has 0 radical (unpaired) electrons. The zero-order chi connectivity index (χ0) is 25.6. The molecule has 1 aromatic rings. The van der Waals surface area contributed by atoms with Gasteiger partial charge in [-0.25, -0.2) is 0 Å². The number of hydrogen-bond donors (Lipinski definition) is 1. The number of anilines is 1. The Hall–Kier alpha value is -2.58. The molecule has 5 rings (SSSR count). The number of benzene rings is 1. The van der Waals surface area contributed by atoms with E-state index in [1.807, 2.05) is 49.1 Å². The summed E-state index contributed by atoms with van der Waals surface area (Å²) in [5, 5.41) is 9.09. The molecule has 2 saturated heterocycles. The highest BCUT2D eigenvalue weighted by Crippen LogP contribution is 2.61. The highest BCUT2D eigenvalue weighted by molar-refractivity contribution is 8.02. The molecule has 0 aromatic heterocycles. The molecule has 4 aliphatic rings. The molecule has 3 amide bonds. The molecule has 5 atom stereocenters. The fourth-order valence-electron chi connectivity index (χ4n) is 6.51. The molecule has 8 heteroatoms. The van der Waals surface area contributed by atoms with Gasteiger partial charge in [-0.05, 0) is 44.2 Å². The van der Waals surface area contributed by atoms with Gasteiger partial charge in [-0.15, -0.1) is 11.8 Å². The van der Waals surface area contributed by atoms with Crippen LogP contribution in [0.25, 0.3) is 0 Å². The minimum Gasteiger partial charge on any atom is -0.396 e. The number of likely N-dealkylation sites (tertiary alicyclic amines) is 1. The van der Waals surface area contributed by atoms with Crippen molar-refractivity contribution >= 4 is 35.2 Å². The van der Waals surface area contributed by atoms with Crippen LogP contribution in [-0.4, -0.2) is 82.0 Å². The SMILES string of the molecule is Cc1cccc(C)c1N1CC=C[C@]23S[C@H]4C=CCN(C)C(=O)[C@H]4[C@H]2C(=O)N(CCCCCO)C3C1=O. The van der Waals surface area contributed by atoms with E-state index in [4.69, 9.17) is 0 Å². The first-order valence-electron chi connectivity index (χ1n) is 12.9. The Balaban J connectivity index is 1.60. The van der Waals surface area contributed by atoms with Gasteiger partial charge in [0.2, 0.25) is 11.8 Å². The highest BCUT2D eigenvalue weighted by Gasteiger charge is 2.70. The molecule has 1 aromatic carbocycles. The van der Waals surface area contributed by atoms with Crippen molar-refractivity contribution in [2.45, 2.75) is 49.1 Å². The number of nitrogens with zero attached hydrogens (tertiary/aromatic N) is 3. The third-order valence-corrected chi connectivity index (χ3v) is 9.87. The molecule has 1 unspecified atom stereocenters. The zero-order valence-electron chi connectivity index (χ0n) is 21.2. The van der Waals surface area contributed by atoms with Gasteiger partial charge in [0.25, 0.3) is 5.91 Å².